The third kappa shape index (κ3) is 2.30. The summed E-state index contributed by atoms with van der Waals surface area (Å²) >= 11 is 0. The molecule has 0 aromatic rings. The van der Waals surface area contributed by atoms with Gasteiger partial charge in [0.15, 0.2) is 0 Å². The molecule has 20 heavy (non-hydrogen) atoms. The van der Waals surface area contributed by atoms with Gasteiger partial charge < -0.3 is 0 Å². The SMILES string of the molecule is CCC1(C)CC2C=CC1C2.CCC1(C)CC2C=CC1C2. The van der Waals surface area contributed by atoms with E-state index in [9.17, 15) is 0 Å². The summed E-state index contributed by atoms with van der Waals surface area (Å²) in [7, 11) is 0. The van der Waals surface area contributed by atoms with Crippen LogP contribution in [-0.2, 0) is 0 Å². The smallest absolute Gasteiger partial charge is 0.0174 e. The van der Waals surface area contributed by atoms with E-state index in [0.29, 0.717) is 10.8 Å². The van der Waals surface area contributed by atoms with E-state index in [1.807, 2.05) is 0 Å². The van der Waals surface area contributed by atoms with Crippen LogP contribution < -0.4 is 0 Å². The number of hydrogen-bond donors (Lipinski definition) is 0. The molecule has 0 saturated heterocycles. The summed E-state index contributed by atoms with van der Waals surface area (Å²) in [6.45, 7) is 9.55. The van der Waals surface area contributed by atoms with Crippen LogP contribution in [0.3, 0.4) is 0 Å². The Labute approximate surface area is 125 Å². The van der Waals surface area contributed by atoms with Crippen molar-refractivity contribution in [1.29, 1.82) is 0 Å². The van der Waals surface area contributed by atoms with Crippen molar-refractivity contribution in [2.24, 2.45) is 34.5 Å². The van der Waals surface area contributed by atoms with Crippen molar-refractivity contribution in [3.63, 3.8) is 0 Å². The molecule has 4 bridgehead atoms. The molecule has 4 aliphatic carbocycles. The number of allylic oxidation sites excluding steroid dienone is 4. The highest BCUT2D eigenvalue weighted by atomic mass is 14.5. The number of hydrogen-bond acceptors (Lipinski definition) is 0. The molecule has 0 nitrogen and oxygen atoms in total. The van der Waals surface area contributed by atoms with E-state index in [1.54, 1.807) is 0 Å². The fraction of sp³-hybridized carbons (Fsp3) is 0.800. The predicted octanol–water partition coefficient (Wildman–Crippen LogP) is 6.00. The first-order chi connectivity index (χ1) is 9.49. The van der Waals surface area contributed by atoms with Gasteiger partial charge in [0.25, 0.3) is 0 Å². The zero-order chi connectivity index (χ0) is 14.4. The zero-order valence-electron chi connectivity index (χ0n) is 13.9. The molecule has 0 aromatic heterocycles. The molecular formula is C20H32. The normalized spacial score (nSPS) is 50.6. The van der Waals surface area contributed by atoms with E-state index in [1.165, 1.54) is 38.5 Å². The summed E-state index contributed by atoms with van der Waals surface area (Å²) in [6.07, 6.45) is 18.2. The molecular weight excluding hydrogens is 240 g/mol. The summed E-state index contributed by atoms with van der Waals surface area (Å²) in [5.74, 6) is 3.72. The average molecular weight is 272 g/mol. The maximum absolute atomic E-state index is 2.45. The van der Waals surface area contributed by atoms with Gasteiger partial charge in [-0.05, 0) is 60.2 Å². The fourth-order valence-electron chi connectivity index (χ4n) is 5.20. The standard InChI is InChI=1S/2C10H16/c2*1-3-10(2)7-8-4-5-9(10)6-8/h2*4-5,8-9H,3,6-7H2,1-2H3. The van der Waals surface area contributed by atoms with Gasteiger partial charge in [0.2, 0.25) is 0 Å². The van der Waals surface area contributed by atoms with Crippen molar-refractivity contribution in [2.45, 2.75) is 66.2 Å². The molecule has 0 heterocycles. The maximum Gasteiger partial charge on any atom is -0.0174 e. The lowest BCUT2D eigenvalue weighted by atomic mass is 9.76. The Morgan fingerprint density at radius 1 is 0.750 bits per heavy atom. The van der Waals surface area contributed by atoms with Crippen LogP contribution in [0.5, 0.6) is 0 Å². The Kier molecular flexibility index (Phi) is 3.63. The summed E-state index contributed by atoms with van der Waals surface area (Å²) < 4.78 is 0. The second kappa shape index (κ2) is 5.04. The van der Waals surface area contributed by atoms with Crippen LogP contribution in [-0.4, -0.2) is 0 Å². The Morgan fingerprint density at radius 3 is 1.30 bits per heavy atom. The quantitative estimate of drug-likeness (QED) is 0.541. The van der Waals surface area contributed by atoms with Gasteiger partial charge in [-0.2, -0.15) is 0 Å². The van der Waals surface area contributed by atoms with E-state index >= 15 is 0 Å². The molecule has 2 saturated carbocycles. The molecule has 0 spiro atoms. The molecule has 6 unspecified atom stereocenters. The molecule has 2 fully saturated rings. The van der Waals surface area contributed by atoms with Crippen LogP contribution in [0.15, 0.2) is 24.3 Å². The maximum atomic E-state index is 2.45. The molecule has 0 heteroatoms. The Bertz CT molecular complexity index is 378. The molecule has 0 radical (unpaired) electrons. The fourth-order valence-corrected chi connectivity index (χ4v) is 5.20. The van der Waals surface area contributed by atoms with Crippen LogP contribution in [0.4, 0.5) is 0 Å². The van der Waals surface area contributed by atoms with E-state index in [-0.39, 0.29) is 0 Å². The predicted molar refractivity (Wildman–Crippen MR) is 87.5 cm³/mol. The average Bonchev–Trinajstić information content (AvgIpc) is 3.18. The highest BCUT2D eigenvalue weighted by Crippen LogP contribution is 2.54. The minimum Gasteiger partial charge on any atom is -0.0851 e. The molecule has 0 N–H and O–H groups in total. The Hall–Kier alpha value is -0.520. The largest absolute Gasteiger partial charge is 0.0851 e. The molecule has 0 amide bonds. The first kappa shape index (κ1) is 14.4. The second-order valence-corrected chi connectivity index (χ2v) is 8.40. The lowest BCUT2D eigenvalue weighted by molar-refractivity contribution is 0.251. The summed E-state index contributed by atoms with van der Waals surface area (Å²) in [5.41, 5.74) is 1.33. The Morgan fingerprint density at radius 2 is 1.15 bits per heavy atom. The van der Waals surface area contributed by atoms with Gasteiger partial charge >= 0.3 is 0 Å². The minimum absolute atomic E-state index is 0.666. The summed E-state index contributed by atoms with van der Waals surface area (Å²) in [6, 6.07) is 0. The summed E-state index contributed by atoms with van der Waals surface area (Å²) in [4.78, 5) is 0. The van der Waals surface area contributed by atoms with Crippen molar-refractivity contribution in [1.82, 2.24) is 0 Å². The van der Waals surface area contributed by atoms with Crippen LogP contribution in [0.2, 0.25) is 0 Å². The molecule has 6 atom stereocenters. The monoisotopic (exact) mass is 272 g/mol. The van der Waals surface area contributed by atoms with Crippen LogP contribution in [0.1, 0.15) is 66.2 Å². The van der Waals surface area contributed by atoms with Crippen LogP contribution >= 0.6 is 0 Å². The topological polar surface area (TPSA) is 0 Å². The van der Waals surface area contributed by atoms with E-state index < -0.39 is 0 Å². The molecule has 4 rings (SSSR count). The first-order valence-corrected chi connectivity index (χ1v) is 8.86. The highest BCUT2D eigenvalue weighted by Gasteiger charge is 2.44. The molecule has 112 valence electrons. The van der Waals surface area contributed by atoms with Crippen molar-refractivity contribution in [2.75, 3.05) is 0 Å². The zero-order valence-corrected chi connectivity index (χ0v) is 13.9. The van der Waals surface area contributed by atoms with Crippen LogP contribution in [0, 0.1) is 34.5 Å². The number of fused-ring (bicyclic) bond motifs is 4. The van der Waals surface area contributed by atoms with Crippen molar-refractivity contribution >= 4 is 0 Å². The lowest BCUT2D eigenvalue weighted by Gasteiger charge is -2.29. The number of rotatable bonds is 2. The lowest BCUT2D eigenvalue weighted by Crippen LogP contribution is -2.20. The van der Waals surface area contributed by atoms with Crippen LogP contribution in [0.25, 0.3) is 0 Å². The van der Waals surface area contributed by atoms with Gasteiger partial charge in [-0.25, -0.2) is 0 Å². The minimum atomic E-state index is 0.666. The van der Waals surface area contributed by atoms with Gasteiger partial charge in [-0.1, -0.05) is 64.8 Å². The Balaban J connectivity index is 0.000000121. The highest BCUT2D eigenvalue weighted by molar-refractivity contribution is 5.14. The second-order valence-electron chi connectivity index (χ2n) is 8.40. The van der Waals surface area contributed by atoms with Crippen molar-refractivity contribution in [3.8, 4) is 0 Å². The van der Waals surface area contributed by atoms with E-state index in [0.717, 1.165) is 23.7 Å². The van der Waals surface area contributed by atoms with Gasteiger partial charge in [-0.15, -0.1) is 0 Å². The van der Waals surface area contributed by atoms with Gasteiger partial charge in [0.05, 0.1) is 0 Å². The molecule has 0 aliphatic heterocycles. The third-order valence-electron chi connectivity index (χ3n) is 7.21. The third-order valence-corrected chi connectivity index (χ3v) is 7.21. The van der Waals surface area contributed by atoms with Crippen molar-refractivity contribution < 1.29 is 0 Å². The van der Waals surface area contributed by atoms with Gasteiger partial charge in [0, 0.05) is 0 Å². The van der Waals surface area contributed by atoms with Gasteiger partial charge in [0.1, 0.15) is 0 Å². The molecule has 4 aliphatic rings. The summed E-state index contributed by atoms with van der Waals surface area (Å²) in [5, 5.41) is 0. The van der Waals surface area contributed by atoms with Gasteiger partial charge in [-0.3, -0.25) is 0 Å². The molecule has 0 aromatic carbocycles. The van der Waals surface area contributed by atoms with E-state index in [2.05, 4.69) is 52.0 Å². The first-order valence-electron chi connectivity index (χ1n) is 8.86. The van der Waals surface area contributed by atoms with E-state index in [4.69, 9.17) is 0 Å². The van der Waals surface area contributed by atoms with Crippen molar-refractivity contribution in [3.05, 3.63) is 24.3 Å².